The molecule has 2 heterocycles. The van der Waals surface area contributed by atoms with Gasteiger partial charge in [-0.25, -0.2) is 0 Å². The Labute approximate surface area is 115 Å². The first-order valence-corrected chi connectivity index (χ1v) is 7.14. The van der Waals surface area contributed by atoms with Gasteiger partial charge in [0.25, 0.3) is 0 Å². The minimum absolute atomic E-state index is 0.0979. The van der Waals surface area contributed by atoms with E-state index in [1.807, 2.05) is 12.1 Å². The van der Waals surface area contributed by atoms with Crippen LogP contribution in [0, 0.1) is 5.92 Å². The average molecular weight is 261 g/mol. The maximum Gasteiger partial charge on any atom is 0.223 e. The van der Waals surface area contributed by atoms with Crippen molar-refractivity contribution in [3.63, 3.8) is 0 Å². The predicted molar refractivity (Wildman–Crippen MR) is 75.6 cm³/mol. The maximum atomic E-state index is 12.3. The van der Waals surface area contributed by atoms with Gasteiger partial charge < -0.3 is 10.6 Å². The summed E-state index contributed by atoms with van der Waals surface area (Å²) in [5.74, 6) is 0.337. The van der Waals surface area contributed by atoms with Gasteiger partial charge in [0.1, 0.15) is 0 Å². The quantitative estimate of drug-likeness (QED) is 0.872. The third kappa shape index (κ3) is 3.77. The molecule has 0 aliphatic carbocycles. The van der Waals surface area contributed by atoms with Crippen LogP contribution >= 0.6 is 0 Å². The summed E-state index contributed by atoms with van der Waals surface area (Å²) < 4.78 is 0. The molecule has 2 rings (SSSR count). The molecular weight excluding hydrogens is 238 g/mol. The van der Waals surface area contributed by atoms with E-state index in [1.165, 1.54) is 0 Å². The molecule has 1 amide bonds. The van der Waals surface area contributed by atoms with Crippen molar-refractivity contribution in [1.82, 2.24) is 15.6 Å². The average Bonchev–Trinajstić information content (AvgIpc) is 2.45. The fourth-order valence-corrected chi connectivity index (χ4v) is 2.68. The van der Waals surface area contributed by atoms with Crippen molar-refractivity contribution in [2.75, 3.05) is 6.54 Å². The Kier molecular flexibility index (Phi) is 4.91. The summed E-state index contributed by atoms with van der Waals surface area (Å²) in [6.45, 7) is 5.17. The van der Waals surface area contributed by atoms with Crippen LogP contribution in [-0.2, 0) is 4.79 Å². The van der Waals surface area contributed by atoms with Gasteiger partial charge in [-0.2, -0.15) is 0 Å². The molecule has 4 nitrogen and oxygen atoms in total. The zero-order valence-electron chi connectivity index (χ0n) is 11.7. The highest BCUT2D eigenvalue weighted by atomic mass is 16.1. The van der Waals surface area contributed by atoms with E-state index in [9.17, 15) is 4.79 Å². The molecule has 0 saturated carbocycles. The molecule has 2 N–H and O–H groups in total. The number of aromatic nitrogens is 1. The van der Waals surface area contributed by atoms with Gasteiger partial charge in [-0.1, -0.05) is 6.92 Å². The molecule has 4 heteroatoms. The number of nitrogens with zero attached hydrogens (tertiary/aromatic N) is 1. The molecule has 0 aromatic carbocycles. The molecule has 19 heavy (non-hydrogen) atoms. The van der Waals surface area contributed by atoms with E-state index in [1.54, 1.807) is 12.4 Å². The van der Waals surface area contributed by atoms with Crippen LogP contribution in [0.15, 0.2) is 24.5 Å². The maximum absolute atomic E-state index is 12.3. The first-order chi connectivity index (χ1) is 9.20. The van der Waals surface area contributed by atoms with Crippen LogP contribution in [0.4, 0.5) is 0 Å². The van der Waals surface area contributed by atoms with Crippen LogP contribution in [0.2, 0.25) is 0 Å². The lowest BCUT2D eigenvalue weighted by molar-refractivity contribution is -0.126. The lowest BCUT2D eigenvalue weighted by Gasteiger charge is -2.28. The number of nitrogens with one attached hydrogen (secondary N) is 2. The topological polar surface area (TPSA) is 54.0 Å². The third-order valence-corrected chi connectivity index (χ3v) is 3.83. The lowest BCUT2D eigenvalue weighted by atomic mass is 9.92. The fourth-order valence-electron chi connectivity index (χ4n) is 2.68. The van der Waals surface area contributed by atoms with Crippen molar-refractivity contribution < 1.29 is 4.79 Å². The van der Waals surface area contributed by atoms with Crippen LogP contribution in [0.1, 0.15) is 44.7 Å². The summed E-state index contributed by atoms with van der Waals surface area (Å²) >= 11 is 0. The van der Waals surface area contributed by atoms with E-state index in [4.69, 9.17) is 0 Å². The standard InChI is InChI=1S/C15H23N3O/c1-3-14(12-4-7-16-8-5-12)18-15(19)13-6-9-17-11(2)10-13/h4-5,7-8,11,13-14,17H,3,6,9-10H2,1-2H3,(H,18,19)/t11-,13-,14?/m0/s1. The summed E-state index contributed by atoms with van der Waals surface area (Å²) in [5, 5.41) is 6.56. The van der Waals surface area contributed by atoms with Crippen molar-refractivity contribution in [3.05, 3.63) is 30.1 Å². The van der Waals surface area contributed by atoms with E-state index in [2.05, 4.69) is 29.5 Å². The van der Waals surface area contributed by atoms with E-state index in [-0.39, 0.29) is 17.9 Å². The number of pyridine rings is 1. The first-order valence-electron chi connectivity index (χ1n) is 7.14. The predicted octanol–water partition coefficient (Wildman–Crippen LogP) is 2.04. The Hall–Kier alpha value is -1.42. The largest absolute Gasteiger partial charge is 0.349 e. The monoisotopic (exact) mass is 261 g/mol. The molecule has 0 bridgehead atoms. The minimum Gasteiger partial charge on any atom is -0.349 e. The van der Waals surface area contributed by atoms with Gasteiger partial charge >= 0.3 is 0 Å². The Morgan fingerprint density at radius 1 is 1.53 bits per heavy atom. The van der Waals surface area contributed by atoms with Gasteiger partial charge in [-0.15, -0.1) is 0 Å². The normalized spacial score (nSPS) is 24.7. The van der Waals surface area contributed by atoms with Gasteiger partial charge in [0.2, 0.25) is 5.91 Å². The molecule has 104 valence electrons. The van der Waals surface area contributed by atoms with E-state index >= 15 is 0 Å². The van der Waals surface area contributed by atoms with Gasteiger partial charge in [0.05, 0.1) is 6.04 Å². The van der Waals surface area contributed by atoms with Crippen LogP contribution in [0.25, 0.3) is 0 Å². The van der Waals surface area contributed by atoms with Crippen LogP contribution < -0.4 is 10.6 Å². The highest BCUT2D eigenvalue weighted by molar-refractivity contribution is 5.79. The van der Waals surface area contributed by atoms with Gasteiger partial charge in [-0.3, -0.25) is 9.78 Å². The second kappa shape index (κ2) is 6.66. The number of rotatable bonds is 4. The van der Waals surface area contributed by atoms with Gasteiger partial charge in [0, 0.05) is 24.4 Å². The SMILES string of the molecule is CCC(NC(=O)[C@H]1CCN[C@@H](C)C1)c1ccncc1. The highest BCUT2D eigenvalue weighted by Gasteiger charge is 2.26. The number of carbonyl (C=O) groups excluding carboxylic acids is 1. The lowest BCUT2D eigenvalue weighted by Crippen LogP contribution is -2.43. The molecule has 1 unspecified atom stereocenters. The summed E-state index contributed by atoms with van der Waals surface area (Å²) in [6, 6.07) is 4.48. The molecule has 1 aliphatic heterocycles. The molecule has 0 radical (unpaired) electrons. The molecule has 1 aromatic rings. The molecular formula is C15H23N3O. The van der Waals surface area contributed by atoms with E-state index < -0.39 is 0 Å². The Morgan fingerprint density at radius 2 is 2.26 bits per heavy atom. The van der Waals surface area contributed by atoms with Crippen molar-refractivity contribution in [1.29, 1.82) is 0 Å². The van der Waals surface area contributed by atoms with Crippen LogP contribution in [0.5, 0.6) is 0 Å². The van der Waals surface area contributed by atoms with Crippen molar-refractivity contribution >= 4 is 5.91 Å². The zero-order valence-corrected chi connectivity index (χ0v) is 11.7. The molecule has 1 aliphatic rings. The fraction of sp³-hybridized carbons (Fsp3) is 0.600. The van der Waals surface area contributed by atoms with E-state index in [0.717, 1.165) is 31.4 Å². The Balaban J connectivity index is 1.96. The number of piperidine rings is 1. The summed E-state index contributed by atoms with van der Waals surface area (Å²) in [5.41, 5.74) is 1.13. The van der Waals surface area contributed by atoms with Crippen molar-refractivity contribution in [2.45, 2.75) is 45.2 Å². The summed E-state index contributed by atoms with van der Waals surface area (Å²) in [4.78, 5) is 16.4. The zero-order chi connectivity index (χ0) is 13.7. The Bertz CT molecular complexity index is 407. The molecule has 0 spiro atoms. The van der Waals surface area contributed by atoms with Gasteiger partial charge in [0.15, 0.2) is 0 Å². The first kappa shape index (κ1) is 14.0. The number of hydrogen-bond donors (Lipinski definition) is 2. The number of carbonyl (C=O) groups is 1. The van der Waals surface area contributed by atoms with Crippen LogP contribution in [0.3, 0.4) is 0 Å². The molecule has 1 saturated heterocycles. The highest BCUT2D eigenvalue weighted by Crippen LogP contribution is 2.20. The van der Waals surface area contributed by atoms with E-state index in [0.29, 0.717) is 6.04 Å². The number of hydrogen-bond acceptors (Lipinski definition) is 3. The minimum atomic E-state index is 0.0979. The molecule has 3 atom stereocenters. The van der Waals surface area contributed by atoms with Crippen molar-refractivity contribution in [2.24, 2.45) is 5.92 Å². The molecule has 1 fully saturated rings. The second-order valence-corrected chi connectivity index (χ2v) is 5.33. The second-order valence-electron chi connectivity index (χ2n) is 5.33. The van der Waals surface area contributed by atoms with Crippen LogP contribution in [-0.4, -0.2) is 23.5 Å². The molecule has 1 aromatic heterocycles. The van der Waals surface area contributed by atoms with Gasteiger partial charge in [-0.05, 0) is 50.4 Å². The van der Waals surface area contributed by atoms with Crippen molar-refractivity contribution in [3.8, 4) is 0 Å². The smallest absolute Gasteiger partial charge is 0.223 e. The Morgan fingerprint density at radius 3 is 2.89 bits per heavy atom. The summed E-state index contributed by atoms with van der Waals surface area (Å²) in [6.07, 6.45) is 6.31. The number of amides is 1. The third-order valence-electron chi connectivity index (χ3n) is 3.83. The summed E-state index contributed by atoms with van der Waals surface area (Å²) in [7, 11) is 0.